The zero-order valence-corrected chi connectivity index (χ0v) is 18.7. The van der Waals surface area contributed by atoms with Crippen molar-refractivity contribution in [3.8, 4) is 0 Å². The van der Waals surface area contributed by atoms with Crippen molar-refractivity contribution in [2.75, 3.05) is 17.1 Å². The molecule has 3 aromatic carbocycles. The maximum Gasteiger partial charge on any atom is 0.241 e. The van der Waals surface area contributed by atoms with Crippen LogP contribution in [-0.4, -0.2) is 27.1 Å². The molecule has 0 unspecified atom stereocenters. The number of hydrogen-bond donors (Lipinski definition) is 1. The van der Waals surface area contributed by atoms with Gasteiger partial charge in [-0.3, -0.25) is 9.10 Å². The van der Waals surface area contributed by atoms with Crippen LogP contribution < -0.4 is 9.62 Å². The van der Waals surface area contributed by atoms with Crippen LogP contribution in [0.15, 0.2) is 60.7 Å². The van der Waals surface area contributed by atoms with Gasteiger partial charge < -0.3 is 5.32 Å². The number of anilines is 1. The van der Waals surface area contributed by atoms with Gasteiger partial charge in [0.25, 0.3) is 0 Å². The van der Waals surface area contributed by atoms with Crippen LogP contribution in [0.3, 0.4) is 0 Å². The largest absolute Gasteiger partial charge is 0.348 e. The van der Waals surface area contributed by atoms with E-state index in [0.717, 1.165) is 33.7 Å². The Hall–Kier alpha value is -2.86. The van der Waals surface area contributed by atoms with Gasteiger partial charge in [0.1, 0.15) is 6.54 Å². The molecule has 1 atom stereocenters. The molecule has 1 amide bonds. The summed E-state index contributed by atoms with van der Waals surface area (Å²) in [7, 11) is -3.65. The van der Waals surface area contributed by atoms with Crippen LogP contribution >= 0.6 is 0 Å². The fourth-order valence-electron chi connectivity index (χ4n) is 3.79. The van der Waals surface area contributed by atoms with Crippen LogP contribution in [0.25, 0.3) is 10.8 Å². The molecule has 0 fully saturated rings. The van der Waals surface area contributed by atoms with Gasteiger partial charge in [-0.1, -0.05) is 67.1 Å². The summed E-state index contributed by atoms with van der Waals surface area (Å²) in [5, 5.41) is 4.73. The van der Waals surface area contributed by atoms with Crippen LogP contribution in [0.1, 0.15) is 36.1 Å². The topological polar surface area (TPSA) is 66.5 Å². The van der Waals surface area contributed by atoms with E-state index in [2.05, 4.69) is 11.4 Å². The molecule has 1 N–H and O–H groups in total. The van der Waals surface area contributed by atoms with Gasteiger partial charge in [-0.25, -0.2) is 8.42 Å². The number of amides is 1. The predicted molar refractivity (Wildman–Crippen MR) is 123 cm³/mol. The monoisotopic (exact) mass is 424 g/mol. The van der Waals surface area contributed by atoms with Crippen molar-refractivity contribution in [1.29, 1.82) is 0 Å². The molecule has 0 bridgehead atoms. The lowest BCUT2D eigenvalue weighted by Crippen LogP contribution is -2.41. The zero-order chi connectivity index (χ0) is 21.9. The van der Waals surface area contributed by atoms with E-state index in [4.69, 9.17) is 0 Å². The van der Waals surface area contributed by atoms with Crippen molar-refractivity contribution in [2.24, 2.45) is 0 Å². The second kappa shape index (κ2) is 8.88. The number of carbonyl (C=O) groups excluding carboxylic acids is 1. The molecule has 0 radical (unpaired) electrons. The highest BCUT2D eigenvalue weighted by atomic mass is 32.2. The fourth-order valence-corrected chi connectivity index (χ4v) is 4.66. The SMILES string of the molecule is CC[C@@H](NC(=O)CN(c1cccc2ccccc12)S(C)(=O)=O)c1ccc(C)cc1C. The van der Waals surface area contributed by atoms with Gasteiger partial charge in [-0.05, 0) is 42.8 Å². The third kappa shape index (κ3) is 4.82. The number of benzene rings is 3. The van der Waals surface area contributed by atoms with Crippen molar-refractivity contribution in [2.45, 2.75) is 33.2 Å². The fraction of sp³-hybridized carbons (Fsp3) is 0.292. The Kier molecular flexibility index (Phi) is 6.46. The van der Waals surface area contributed by atoms with Crippen molar-refractivity contribution < 1.29 is 13.2 Å². The van der Waals surface area contributed by atoms with E-state index in [9.17, 15) is 13.2 Å². The Balaban J connectivity index is 1.89. The molecular weight excluding hydrogens is 396 g/mol. The van der Waals surface area contributed by atoms with Crippen LogP contribution in [0.5, 0.6) is 0 Å². The Morgan fingerprint density at radius 2 is 1.73 bits per heavy atom. The third-order valence-electron chi connectivity index (χ3n) is 5.27. The van der Waals surface area contributed by atoms with Crippen LogP contribution in [0, 0.1) is 13.8 Å². The van der Waals surface area contributed by atoms with E-state index in [1.807, 2.05) is 63.2 Å². The average molecular weight is 425 g/mol. The molecule has 0 heterocycles. The molecule has 5 nitrogen and oxygen atoms in total. The van der Waals surface area contributed by atoms with Gasteiger partial charge >= 0.3 is 0 Å². The summed E-state index contributed by atoms with van der Waals surface area (Å²) in [6, 6.07) is 19.0. The number of nitrogens with one attached hydrogen (secondary N) is 1. The minimum absolute atomic E-state index is 0.174. The zero-order valence-electron chi connectivity index (χ0n) is 17.8. The number of nitrogens with zero attached hydrogens (tertiary/aromatic N) is 1. The van der Waals surface area contributed by atoms with E-state index in [0.29, 0.717) is 12.1 Å². The lowest BCUT2D eigenvalue weighted by Gasteiger charge is -2.25. The van der Waals surface area contributed by atoms with Gasteiger partial charge in [0.15, 0.2) is 0 Å². The average Bonchev–Trinajstić information content (AvgIpc) is 2.69. The molecule has 0 aliphatic rings. The molecule has 0 aliphatic carbocycles. The van der Waals surface area contributed by atoms with Crippen LogP contribution in [0.4, 0.5) is 5.69 Å². The Morgan fingerprint density at radius 1 is 1.03 bits per heavy atom. The summed E-state index contributed by atoms with van der Waals surface area (Å²) < 4.78 is 26.3. The minimum atomic E-state index is -3.65. The first-order valence-corrected chi connectivity index (χ1v) is 11.9. The maximum atomic E-state index is 12.9. The molecule has 0 saturated heterocycles. The Bertz CT molecular complexity index is 1170. The van der Waals surface area contributed by atoms with Crippen LogP contribution in [0.2, 0.25) is 0 Å². The number of carbonyl (C=O) groups is 1. The van der Waals surface area contributed by atoms with Gasteiger partial charge in [-0.15, -0.1) is 0 Å². The molecule has 158 valence electrons. The standard InChI is InChI=1S/C24H28N2O3S/c1-5-22(20-14-13-17(2)15-18(20)3)25-24(27)16-26(30(4,28)29)23-12-8-10-19-9-6-7-11-21(19)23/h6-15,22H,5,16H2,1-4H3,(H,25,27)/t22-/m1/s1. The summed E-state index contributed by atoms with van der Waals surface area (Å²) in [6.45, 7) is 5.79. The highest BCUT2D eigenvalue weighted by molar-refractivity contribution is 7.92. The summed E-state index contributed by atoms with van der Waals surface area (Å²) in [4.78, 5) is 12.9. The summed E-state index contributed by atoms with van der Waals surface area (Å²) >= 11 is 0. The highest BCUT2D eigenvalue weighted by Gasteiger charge is 2.24. The maximum absolute atomic E-state index is 12.9. The van der Waals surface area contributed by atoms with Crippen LogP contribution in [-0.2, 0) is 14.8 Å². The molecular formula is C24H28N2O3S. The first kappa shape index (κ1) is 21.8. The lowest BCUT2D eigenvalue weighted by molar-refractivity contribution is -0.120. The number of rotatable bonds is 7. The second-order valence-corrected chi connectivity index (χ2v) is 9.56. The van der Waals surface area contributed by atoms with Gasteiger partial charge in [0.05, 0.1) is 18.0 Å². The number of hydrogen-bond acceptors (Lipinski definition) is 3. The third-order valence-corrected chi connectivity index (χ3v) is 6.39. The van der Waals surface area contributed by atoms with Gasteiger partial charge in [0, 0.05) is 5.39 Å². The summed E-state index contributed by atoms with van der Waals surface area (Å²) in [5.41, 5.74) is 3.82. The molecule has 0 aliphatic heterocycles. The number of sulfonamides is 1. The molecule has 3 rings (SSSR count). The van der Waals surface area contributed by atoms with Gasteiger partial charge in [-0.2, -0.15) is 0 Å². The smallest absolute Gasteiger partial charge is 0.241 e. The van der Waals surface area contributed by atoms with Gasteiger partial charge in [0.2, 0.25) is 15.9 Å². The van der Waals surface area contributed by atoms with E-state index in [1.54, 1.807) is 12.1 Å². The molecule has 0 spiro atoms. The second-order valence-electron chi connectivity index (χ2n) is 7.66. The minimum Gasteiger partial charge on any atom is -0.348 e. The molecule has 30 heavy (non-hydrogen) atoms. The first-order valence-electron chi connectivity index (χ1n) is 10.0. The van der Waals surface area contributed by atoms with Crippen molar-refractivity contribution >= 4 is 32.4 Å². The van der Waals surface area contributed by atoms with E-state index in [1.165, 1.54) is 4.31 Å². The summed E-state index contributed by atoms with van der Waals surface area (Å²) in [6.07, 6.45) is 1.84. The van der Waals surface area contributed by atoms with E-state index >= 15 is 0 Å². The number of fused-ring (bicyclic) bond motifs is 1. The van der Waals surface area contributed by atoms with E-state index < -0.39 is 10.0 Å². The van der Waals surface area contributed by atoms with Crippen molar-refractivity contribution in [1.82, 2.24) is 5.32 Å². The van der Waals surface area contributed by atoms with Crippen molar-refractivity contribution in [3.63, 3.8) is 0 Å². The lowest BCUT2D eigenvalue weighted by atomic mass is 9.97. The Labute approximate surface area is 178 Å². The normalized spacial score (nSPS) is 12.5. The predicted octanol–water partition coefficient (Wildman–Crippen LogP) is 4.49. The molecule has 0 aromatic heterocycles. The van der Waals surface area contributed by atoms with Crippen molar-refractivity contribution in [3.05, 3.63) is 77.4 Å². The quantitative estimate of drug-likeness (QED) is 0.608. The molecule has 0 saturated carbocycles. The summed E-state index contributed by atoms with van der Waals surface area (Å²) in [5.74, 6) is -0.333. The Morgan fingerprint density at radius 3 is 2.40 bits per heavy atom. The number of aryl methyl sites for hydroxylation is 2. The van der Waals surface area contributed by atoms with E-state index in [-0.39, 0.29) is 18.5 Å². The molecule has 6 heteroatoms. The molecule has 3 aromatic rings. The highest BCUT2D eigenvalue weighted by Crippen LogP contribution is 2.28. The first-order chi connectivity index (χ1) is 14.2.